The van der Waals surface area contributed by atoms with Gasteiger partial charge in [-0.25, -0.2) is 0 Å². The van der Waals surface area contributed by atoms with E-state index in [1.807, 2.05) is 63.1 Å². The van der Waals surface area contributed by atoms with Crippen molar-refractivity contribution in [3.05, 3.63) is 98.6 Å². The maximum Gasteiger partial charge on any atom is 2.00 e. The fraction of sp³-hybridized carbons (Fsp3) is 0.0588. The Bertz CT molecular complexity index is 333. The van der Waals surface area contributed by atoms with E-state index in [-0.39, 0.29) is 17.1 Å². The van der Waals surface area contributed by atoms with Crippen LogP contribution in [-0.4, -0.2) is 0 Å². The van der Waals surface area contributed by atoms with Gasteiger partial charge in [0.25, 0.3) is 0 Å². The molecule has 10 radical (unpaired) electrons. The normalized spacial score (nSPS) is 18.6. The van der Waals surface area contributed by atoms with Crippen LogP contribution in [0.1, 0.15) is 5.56 Å². The summed E-state index contributed by atoms with van der Waals surface area (Å²) < 4.78 is 0. The van der Waals surface area contributed by atoms with Crippen LogP contribution in [0.25, 0.3) is 0 Å². The number of benzene rings is 1. The molecule has 0 saturated heterocycles. The molecule has 0 N–H and O–H groups in total. The van der Waals surface area contributed by atoms with Gasteiger partial charge in [0.1, 0.15) is 0 Å². The van der Waals surface area contributed by atoms with E-state index in [4.69, 9.17) is 11.6 Å². The molecule has 0 unspecified atom stereocenters. The van der Waals surface area contributed by atoms with Gasteiger partial charge in [-0.1, -0.05) is 29.8 Å². The molecule has 2 fully saturated rings. The molecule has 0 aromatic heterocycles. The van der Waals surface area contributed by atoms with Crippen LogP contribution >= 0.6 is 11.6 Å². The molecule has 2 aliphatic rings. The Hall–Kier alpha value is 0.0295. The first-order valence-corrected chi connectivity index (χ1v) is 6.35. The summed E-state index contributed by atoms with van der Waals surface area (Å²) in [6.45, 7) is 0. The van der Waals surface area contributed by atoms with Crippen LogP contribution < -0.4 is 0 Å². The molecule has 1 aromatic rings. The van der Waals surface area contributed by atoms with Crippen molar-refractivity contribution >= 4 is 11.6 Å². The molecule has 0 nitrogen and oxygen atoms in total. The van der Waals surface area contributed by atoms with Crippen LogP contribution in [0.15, 0.2) is 24.3 Å². The topological polar surface area (TPSA) is 0 Å². The third-order valence-electron chi connectivity index (χ3n) is 2.64. The summed E-state index contributed by atoms with van der Waals surface area (Å²) in [6, 6.07) is 7.97. The minimum absolute atomic E-state index is 0. The quantitative estimate of drug-likeness (QED) is 0.714. The first-order valence-electron chi connectivity index (χ1n) is 5.97. The van der Waals surface area contributed by atoms with Crippen molar-refractivity contribution < 1.29 is 17.1 Å². The van der Waals surface area contributed by atoms with Crippen LogP contribution in [0.4, 0.5) is 0 Å². The smallest absolute Gasteiger partial charge is 0.0840 e. The molecule has 0 spiro atoms. The molecule has 2 saturated carbocycles. The standard InChI is InChI=1S/C12H10Cl.C5H5.Fe/c13-12-8-4-3-7-11(12)9-10-5-1-2-6-10;1-2-4-5-3-1;/h1-8H,9H2;1-5H;/q;;+2. The van der Waals surface area contributed by atoms with Gasteiger partial charge >= 0.3 is 17.1 Å². The summed E-state index contributed by atoms with van der Waals surface area (Å²) >= 11 is 6.04. The average Bonchev–Trinajstić information content (AvgIpc) is 3.06. The molecular weight excluding hydrogens is 295 g/mol. The summed E-state index contributed by atoms with van der Waals surface area (Å²) in [5.74, 6) is 1.31. The molecule has 0 bridgehead atoms. The second-order valence-corrected chi connectivity index (χ2v) is 4.43. The molecule has 0 atom stereocenters. The molecule has 3 rings (SSSR count). The molecule has 96 valence electrons. The first-order chi connectivity index (χ1) is 8.86. The van der Waals surface area contributed by atoms with Gasteiger partial charge in [0.05, 0.1) is 0 Å². The Morgan fingerprint density at radius 3 is 1.79 bits per heavy atom. The molecular formula is C17H15ClFe+2. The second kappa shape index (κ2) is 9.86. The third-order valence-corrected chi connectivity index (χ3v) is 3.01. The average molecular weight is 311 g/mol. The fourth-order valence-electron chi connectivity index (χ4n) is 1.71. The molecule has 19 heavy (non-hydrogen) atoms. The summed E-state index contributed by atoms with van der Waals surface area (Å²) in [5.41, 5.74) is 1.19. The minimum atomic E-state index is 0. The zero-order chi connectivity index (χ0) is 12.6. The van der Waals surface area contributed by atoms with Gasteiger partial charge in [0.15, 0.2) is 0 Å². The van der Waals surface area contributed by atoms with E-state index in [2.05, 4.69) is 18.9 Å². The van der Waals surface area contributed by atoms with Crippen LogP contribution in [0.5, 0.6) is 0 Å². The first kappa shape index (κ1) is 17.1. The largest absolute Gasteiger partial charge is 2.00 e. The van der Waals surface area contributed by atoms with Crippen LogP contribution in [-0.2, 0) is 23.5 Å². The van der Waals surface area contributed by atoms with Gasteiger partial charge in [0, 0.05) is 5.02 Å². The zero-order valence-electron chi connectivity index (χ0n) is 10.4. The summed E-state index contributed by atoms with van der Waals surface area (Å²) in [7, 11) is 0. The predicted molar refractivity (Wildman–Crippen MR) is 77.1 cm³/mol. The van der Waals surface area contributed by atoms with Crippen molar-refractivity contribution in [3.63, 3.8) is 0 Å². The molecule has 2 heteroatoms. The van der Waals surface area contributed by atoms with Crippen molar-refractivity contribution in [1.82, 2.24) is 0 Å². The third kappa shape index (κ3) is 6.34. The summed E-state index contributed by atoms with van der Waals surface area (Å²) in [4.78, 5) is 0. The SMILES string of the molecule is Clc1ccccc1C[C]1[CH][CH][CH][CH]1.[CH]1[CH][CH][CH][CH]1.[Fe+2]. The van der Waals surface area contributed by atoms with E-state index in [1.54, 1.807) is 0 Å². The number of halogens is 1. The number of hydrogen-bond acceptors (Lipinski definition) is 0. The van der Waals surface area contributed by atoms with Crippen molar-refractivity contribution in [2.75, 3.05) is 0 Å². The molecule has 0 aliphatic heterocycles. The van der Waals surface area contributed by atoms with E-state index < -0.39 is 0 Å². The minimum Gasteiger partial charge on any atom is -0.0840 e. The van der Waals surface area contributed by atoms with E-state index in [9.17, 15) is 0 Å². The Balaban J connectivity index is 0.000000256. The Labute approximate surface area is 133 Å². The monoisotopic (exact) mass is 310 g/mol. The molecule has 2 aliphatic carbocycles. The summed E-state index contributed by atoms with van der Waals surface area (Å²) in [5, 5.41) is 0.851. The Morgan fingerprint density at radius 2 is 1.26 bits per heavy atom. The van der Waals surface area contributed by atoms with E-state index >= 15 is 0 Å². The fourth-order valence-corrected chi connectivity index (χ4v) is 1.92. The van der Waals surface area contributed by atoms with Crippen LogP contribution in [0, 0.1) is 63.7 Å². The van der Waals surface area contributed by atoms with Crippen molar-refractivity contribution in [3.8, 4) is 0 Å². The molecule has 0 amide bonds. The van der Waals surface area contributed by atoms with Crippen molar-refractivity contribution in [2.24, 2.45) is 0 Å². The van der Waals surface area contributed by atoms with E-state index in [0.717, 1.165) is 11.4 Å². The molecule has 0 heterocycles. The maximum atomic E-state index is 6.04. The number of rotatable bonds is 2. The van der Waals surface area contributed by atoms with Gasteiger partial charge in [-0.05, 0) is 81.8 Å². The van der Waals surface area contributed by atoms with Gasteiger partial charge in [-0.3, -0.25) is 0 Å². The van der Waals surface area contributed by atoms with E-state index in [1.165, 1.54) is 11.5 Å². The Morgan fingerprint density at radius 1 is 0.737 bits per heavy atom. The maximum absolute atomic E-state index is 6.04. The number of hydrogen-bond donors (Lipinski definition) is 0. The van der Waals surface area contributed by atoms with Gasteiger partial charge in [-0.2, -0.15) is 0 Å². The van der Waals surface area contributed by atoms with Crippen LogP contribution in [0.2, 0.25) is 5.02 Å². The van der Waals surface area contributed by atoms with Gasteiger partial charge in [-0.15, -0.1) is 0 Å². The van der Waals surface area contributed by atoms with Crippen LogP contribution in [0.3, 0.4) is 0 Å². The second-order valence-electron chi connectivity index (χ2n) is 4.02. The van der Waals surface area contributed by atoms with Gasteiger partial charge < -0.3 is 0 Å². The Kier molecular flexibility index (Phi) is 8.86. The summed E-state index contributed by atoms with van der Waals surface area (Å²) in [6.07, 6.45) is 19.2. The van der Waals surface area contributed by atoms with E-state index in [0.29, 0.717) is 0 Å². The van der Waals surface area contributed by atoms with Gasteiger partial charge in [0.2, 0.25) is 0 Å². The zero-order valence-corrected chi connectivity index (χ0v) is 12.3. The van der Waals surface area contributed by atoms with Crippen molar-refractivity contribution in [2.45, 2.75) is 6.42 Å². The molecule has 1 aromatic carbocycles. The predicted octanol–water partition coefficient (Wildman–Crippen LogP) is 4.31. The van der Waals surface area contributed by atoms with Crippen molar-refractivity contribution in [1.29, 1.82) is 0 Å².